The number of cyclic esters (lactones) is 1. The Morgan fingerprint density at radius 1 is 1.33 bits per heavy atom. The number of esters is 1. The first kappa shape index (κ1) is 17.7. The van der Waals surface area contributed by atoms with Crippen LogP contribution in [0.4, 0.5) is 0 Å². The molecule has 24 heavy (non-hydrogen) atoms. The van der Waals surface area contributed by atoms with E-state index in [1.807, 2.05) is 0 Å². The molecule has 0 aromatic heterocycles. The lowest BCUT2D eigenvalue weighted by Crippen LogP contribution is -2.49. The minimum absolute atomic E-state index is 0.214. The number of hydrogen-bond acceptors (Lipinski definition) is 3. The highest BCUT2D eigenvalue weighted by atomic mass is 16.7. The molecule has 1 aliphatic heterocycles. The van der Waals surface area contributed by atoms with Crippen LogP contribution in [0.15, 0.2) is 23.8 Å². The van der Waals surface area contributed by atoms with Crippen LogP contribution in [0.1, 0.15) is 65.7 Å². The van der Waals surface area contributed by atoms with Gasteiger partial charge in [0.2, 0.25) is 6.29 Å². The van der Waals surface area contributed by atoms with E-state index in [1.165, 1.54) is 31.3 Å². The summed E-state index contributed by atoms with van der Waals surface area (Å²) in [5, 5.41) is 0. The maximum absolute atomic E-state index is 12.0. The van der Waals surface area contributed by atoms with Crippen molar-refractivity contribution in [1.82, 2.24) is 0 Å². The van der Waals surface area contributed by atoms with Crippen molar-refractivity contribution in [3.8, 4) is 0 Å². The van der Waals surface area contributed by atoms with Crippen LogP contribution >= 0.6 is 0 Å². The van der Waals surface area contributed by atoms with Gasteiger partial charge in [0.05, 0.1) is 0 Å². The zero-order valence-electron chi connectivity index (χ0n) is 15.7. The number of rotatable bonds is 3. The highest BCUT2D eigenvalue weighted by Crippen LogP contribution is 2.61. The lowest BCUT2D eigenvalue weighted by molar-refractivity contribution is -0.156. The van der Waals surface area contributed by atoms with Crippen LogP contribution in [0.25, 0.3) is 0 Å². The smallest absolute Gasteiger partial charge is 0.336 e. The summed E-state index contributed by atoms with van der Waals surface area (Å²) in [6.07, 6.45) is 9.47. The van der Waals surface area contributed by atoms with Gasteiger partial charge in [0, 0.05) is 19.1 Å². The predicted molar refractivity (Wildman–Crippen MR) is 95.3 cm³/mol. The average Bonchev–Trinajstić information content (AvgIpc) is 2.86. The maximum Gasteiger partial charge on any atom is 0.336 e. The van der Waals surface area contributed by atoms with Crippen LogP contribution in [0.3, 0.4) is 0 Å². The first-order valence-electron chi connectivity index (χ1n) is 9.38. The molecule has 2 aliphatic carbocycles. The summed E-state index contributed by atoms with van der Waals surface area (Å²) < 4.78 is 10.4. The first-order chi connectivity index (χ1) is 11.3. The average molecular weight is 332 g/mol. The van der Waals surface area contributed by atoms with Gasteiger partial charge in [0.25, 0.3) is 0 Å². The number of carbonyl (C=O) groups excluding carboxylic acids is 1. The Kier molecular flexibility index (Phi) is 4.67. The summed E-state index contributed by atoms with van der Waals surface area (Å²) in [6.45, 7) is 11.8. The maximum atomic E-state index is 12.0. The Labute approximate surface area is 146 Å². The van der Waals surface area contributed by atoms with Crippen molar-refractivity contribution in [1.29, 1.82) is 0 Å². The van der Waals surface area contributed by atoms with E-state index in [0.29, 0.717) is 23.2 Å². The molecule has 0 spiro atoms. The van der Waals surface area contributed by atoms with Gasteiger partial charge in [-0.25, -0.2) is 4.79 Å². The van der Waals surface area contributed by atoms with E-state index in [-0.39, 0.29) is 5.97 Å². The summed E-state index contributed by atoms with van der Waals surface area (Å²) in [5.74, 6) is 1.00. The van der Waals surface area contributed by atoms with Crippen molar-refractivity contribution >= 4 is 5.97 Å². The number of hydrogen-bond donors (Lipinski definition) is 0. The molecule has 0 aromatic carbocycles. The zero-order chi connectivity index (χ0) is 17.5. The predicted octanol–water partition coefficient (Wildman–Crippen LogP) is 5.02. The number of fused-ring (bicyclic) bond motifs is 1. The SMILES string of the molecule is C=C1CCC2C(C)(C)CCC[C@]2(C)C1CC=C1CC(OC)OC1=O. The van der Waals surface area contributed by atoms with E-state index in [2.05, 4.69) is 33.4 Å². The Morgan fingerprint density at radius 3 is 2.75 bits per heavy atom. The van der Waals surface area contributed by atoms with Gasteiger partial charge >= 0.3 is 5.97 Å². The van der Waals surface area contributed by atoms with Gasteiger partial charge in [-0.1, -0.05) is 45.4 Å². The molecule has 2 saturated carbocycles. The number of methoxy groups -OCH3 is 1. The van der Waals surface area contributed by atoms with Gasteiger partial charge in [-0.05, 0) is 54.8 Å². The van der Waals surface area contributed by atoms with E-state index >= 15 is 0 Å². The highest BCUT2D eigenvalue weighted by Gasteiger charge is 2.52. The van der Waals surface area contributed by atoms with Crippen molar-refractivity contribution in [2.24, 2.45) is 22.7 Å². The van der Waals surface area contributed by atoms with Crippen LogP contribution in [0.5, 0.6) is 0 Å². The highest BCUT2D eigenvalue weighted by molar-refractivity contribution is 5.90. The lowest BCUT2D eigenvalue weighted by atomic mass is 9.47. The molecule has 3 nitrogen and oxygen atoms in total. The second-order valence-corrected chi connectivity index (χ2v) is 8.89. The fourth-order valence-corrected chi connectivity index (χ4v) is 5.77. The molecule has 134 valence electrons. The molecule has 0 N–H and O–H groups in total. The second kappa shape index (κ2) is 6.33. The van der Waals surface area contributed by atoms with Crippen molar-refractivity contribution in [2.75, 3.05) is 7.11 Å². The summed E-state index contributed by atoms with van der Waals surface area (Å²) in [5.41, 5.74) is 2.86. The van der Waals surface area contributed by atoms with Gasteiger partial charge in [-0.15, -0.1) is 0 Å². The van der Waals surface area contributed by atoms with Crippen molar-refractivity contribution in [2.45, 2.75) is 72.0 Å². The monoisotopic (exact) mass is 332 g/mol. The molecule has 1 saturated heterocycles. The van der Waals surface area contributed by atoms with E-state index in [0.717, 1.165) is 24.3 Å². The fourth-order valence-electron chi connectivity index (χ4n) is 5.77. The minimum atomic E-state index is -0.407. The van der Waals surface area contributed by atoms with E-state index in [1.54, 1.807) is 7.11 Å². The number of allylic oxidation sites excluding steroid dienone is 2. The minimum Gasteiger partial charge on any atom is -0.432 e. The van der Waals surface area contributed by atoms with Crippen LogP contribution in [-0.4, -0.2) is 19.4 Å². The number of ether oxygens (including phenoxy) is 2. The van der Waals surface area contributed by atoms with Crippen LogP contribution in [-0.2, 0) is 14.3 Å². The van der Waals surface area contributed by atoms with Crippen LogP contribution in [0.2, 0.25) is 0 Å². The summed E-state index contributed by atoms with van der Waals surface area (Å²) in [7, 11) is 1.58. The third-order valence-corrected chi connectivity index (χ3v) is 7.07. The van der Waals surface area contributed by atoms with E-state index in [9.17, 15) is 4.79 Å². The second-order valence-electron chi connectivity index (χ2n) is 8.89. The van der Waals surface area contributed by atoms with Crippen LogP contribution < -0.4 is 0 Å². The molecule has 0 bridgehead atoms. The summed E-state index contributed by atoms with van der Waals surface area (Å²) >= 11 is 0. The molecule has 3 unspecified atom stereocenters. The molecule has 3 rings (SSSR count). The standard InChI is InChI=1S/C21H32O3/c1-14-7-10-17-20(2,3)11-6-12-21(17,4)16(14)9-8-15-13-18(23-5)24-19(15)22/h8,16-18H,1,6-7,9-13H2,2-5H3/t16?,17?,18?,21-/m1/s1. The summed E-state index contributed by atoms with van der Waals surface area (Å²) in [4.78, 5) is 12.0. The molecule has 0 amide bonds. The Morgan fingerprint density at radius 2 is 2.08 bits per heavy atom. The normalized spacial score (nSPS) is 40.5. The molecule has 4 atom stereocenters. The molecular weight excluding hydrogens is 300 g/mol. The summed E-state index contributed by atoms with van der Waals surface area (Å²) in [6, 6.07) is 0. The molecule has 3 fully saturated rings. The van der Waals surface area contributed by atoms with Crippen molar-refractivity contribution < 1.29 is 14.3 Å². The van der Waals surface area contributed by atoms with Gasteiger partial charge in [-0.3, -0.25) is 0 Å². The molecule has 0 radical (unpaired) electrons. The molecule has 1 heterocycles. The molecule has 3 aliphatic rings. The van der Waals surface area contributed by atoms with Gasteiger partial charge in [-0.2, -0.15) is 0 Å². The third kappa shape index (κ3) is 2.96. The Bertz CT molecular complexity index is 559. The fraction of sp³-hybridized carbons (Fsp3) is 0.762. The quantitative estimate of drug-likeness (QED) is 0.413. The first-order valence-corrected chi connectivity index (χ1v) is 9.38. The largest absolute Gasteiger partial charge is 0.432 e. The van der Waals surface area contributed by atoms with E-state index < -0.39 is 6.29 Å². The Balaban J connectivity index is 1.81. The van der Waals surface area contributed by atoms with Crippen LogP contribution in [0, 0.1) is 22.7 Å². The van der Waals surface area contributed by atoms with Gasteiger partial charge in [0.1, 0.15) is 0 Å². The topological polar surface area (TPSA) is 35.5 Å². The van der Waals surface area contributed by atoms with Gasteiger partial charge in [0.15, 0.2) is 0 Å². The molecule has 0 aromatic rings. The third-order valence-electron chi connectivity index (χ3n) is 7.07. The molecule has 3 heteroatoms. The van der Waals surface area contributed by atoms with Crippen molar-refractivity contribution in [3.63, 3.8) is 0 Å². The van der Waals surface area contributed by atoms with Gasteiger partial charge < -0.3 is 9.47 Å². The zero-order valence-corrected chi connectivity index (χ0v) is 15.7. The van der Waals surface area contributed by atoms with E-state index in [4.69, 9.17) is 9.47 Å². The lowest BCUT2D eigenvalue weighted by Gasteiger charge is -2.58. The molecular formula is C21H32O3. The van der Waals surface area contributed by atoms with Crippen molar-refractivity contribution in [3.05, 3.63) is 23.8 Å². The number of carbonyl (C=O) groups is 1. The Hall–Kier alpha value is -1.09.